The number of benzene rings is 1. The van der Waals surface area contributed by atoms with Gasteiger partial charge < -0.3 is 5.73 Å². The summed E-state index contributed by atoms with van der Waals surface area (Å²) in [6, 6.07) is 6.86. The number of nitrogen functional groups attached to an aromatic ring is 1. The van der Waals surface area contributed by atoms with E-state index >= 15 is 0 Å². The minimum Gasteiger partial charge on any atom is -0.399 e. The lowest BCUT2D eigenvalue weighted by atomic mass is 9.87. The summed E-state index contributed by atoms with van der Waals surface area (Å²) in [4.78, 5) is 27.9. The van der Waals surface area contributed by atoms with E-state index in [4.69, 9.17) is 5.73 Å². The van der Waals surface area contributed by atoms with Crippen LogP contribution in [0.4, 0.5) is 11.4 Å². The smallest absolute Gasteiger partial charge is 0.201 e. The van der Waals surface area contributed by atoms with Crippen LogP contribution >= 0.6 is 0 Å². The molecule has 4 heteroatoms. The van der Waals surface area contributed by atoms with Gasteiger partial charge in [0.05, 0.1) is 17.3 Å². The number of nitrogens with two attached hydrogens (primary N) is 1. The molecule has 1 aliphatic carbocycles. The average Bonchev–Trinajstić information content (AvgIpc) is 2.34. The van der Waals surface area contributed by atoms with Gasteiger partial charge in [-0.25, -0.2) is 4.99 Å². The number of hydrogen-bond donors (Lipinski definition) is 1. The number of allylic oxidation sites excluding steroid dienone is 2. The third kappa shape index (κ3) is 2.22. The van der Waals surface area contributed by atoms with Crippen LogP contribution in [0.2, 0.25) is 0 Å². The molecule has 1 aliphatic rings. The van der Waals surface area contributed by atoms with E-state index in [9.17, 15) is 9.59 Å². The standard InChI is InChI=1S/C14H14N2O2/c1-8-7-12(17)13(9(2)14(8)18)16-11-5-3-10(15)4-6-11/h3-7,9H,15H2,1-2H3. The van der Waals surface area contributed by atoms with Crippen LogP contribution in [0.25, 0.3) is 0 Å². The largest absolute Gasteiger partial charge is 0.399 e. The number of carbonyl (C=O) groups excluding carboxylic acids is 2. The highest BCUT2D eigenvalue weighted by Crippen LogP contribution is 2.21. The van der Waals surface area contributed by atoms with Gasteiger partial charge in [-0.05, 0) is 49.8 Å². The number of Topliss-reactive ketones (excluding diaryl/α,β-unsaturated/α-hetero) is 1. The zero-order chi connectivity index (χ0) is 13.3. The van der Waals surface area contributed by atoms with Gasteiger partial charge in [0, 0.05) is 5.69 Å². The number of ketones is 2. The van der Waals surface area contributed by atoms with Crippen LogP contribution in [0.15, 0.2) is 40.9 Å². The highest BCUT2D eigenvalue weighted by molar-refractivity contribution is 6.51. The highest BCUT2D eigenvalue weighted by Gasteiger charge is 2.29. The molecule has 0 aliphatic heterocycles. The monoisotopic (exact) mass is 242 g/mol. The van der Waals surface area contributed by atoms with Gasteiger partial charge in [-0.3, -0.25) is 9.59 Å². The van der Waals surface area contributed by atoms with Crippen molar-refractivity contribution in [1.82, 2.24) is 0 Å². The molecule has 0 heterocycles. The second-order valence-corrected chi connectivity index (χ2v) is 4.37. The van der Waals surface area contributed by atoms with E-state index in [1.54, 1.807) is 38.1 Å². The SMILES string of the molecule is CC1=CC(=O)C(=Nc2ccc(N)cc2)C(C)C1=O. The molecule has 0 amide bonds. The predicted octanol–water partition coefficient (Wildman–Crippen LogP) is 2.08. The molecule has 1 aromatic rings. The van der Waals surface area contributed by atoms with Crippen molar-refractivity contribution in [3.63, 3.8) is 0 Å². The maximum absolute atomic E-state index is 11.8. The van der Waals surface area contributed by atoms with Gasteiger partial charge >= 0.3 is 0 Å². The fourth-order valence-corrected chi connectivity index (χ4v) is 1.86. The van der Waals surface area contributed by atoms with Gasteiger partial charge in [0.25, 0.3) is 0 Å². The first-order valence-corrected chi connectivity index (χ1v) is 5.70. The first kappa shape index (κ1) is 12.2. The molecule has 0 bridgehead atoms. The maximum atomic E-state index is 11.8. The van der Waals surface area contributed by atoms with Crippen molar-refractivity contribution in [3.05, 3.63) is 35.9 Å². The number of anilines is 1. The molecule has 18 heavy (non-hydrogen) atoms. The fraction of sp³-hybridized carbons (Fsp3) is 0.214. The van der Waals surface area contributed by atoms with Crippen LogP contribution < -0.4 is 5.73 Å². The Labute approximate surface area is 105 Å². The lowest BCUT2D eigenvalue weighted by molar-refractivity contribution is -0.119. The van der Waals surface area contributed by atoms with E-state index < -0.39 is 5.92 Å². The van der Waals surface area contributed by atoms with Crippen LogP contribution in [-0.4, -0.2) is 17.3 Å². The average molecular weight is 242 g/mol. The molecule has 0 radical (unpaired) electrons. The molecule has 2 rings (SSSR count). The van der Waals surface area contributed by atoms with E-state index in [1.807, 2.05) is 0 Å². The minimum absolute atomic E-state index is 0.0520. The van der Waals surface area contributed by atoms with Crippen LogP contribution in [0.3, 0.4) is 0 Å². The molecule has 0 saturated heterocycles. The van der Waals surface area contributed by atoms with E-state index in [0.717, 1.165) is 0 Å². The quantitative estimate of drug-likeness (QED) is 0.766. The molecule has 2 N–H and O–H groups in total. The number of nitrogens with zero attached hydrogens (tertiary/aromatic N) is 1. The highest BCUT2D eigenvalue weighted by atomic mass is 16.1. The molecule has 0 saturated carbocycles. The zero-order valence-electron chi connectivity index (χ0n) is 10.3. The number of rotatable bonds is 1. The van der Waals surface area contributed by atoms with Crippen LogP contribution in [0, 0.1) is 5.92 Å². The fourth-order valence-electron chi connectivity index (χ4n) is 1.86. The summed E-state index contributed by atoms with van der Waals surface area (Å²) in [7, 11) is 0. The van der Waals surface area contributed by atoms with Crippen molar-refractivity contribution in [1.29, 1.82) is 0 Å². The topological polar surface area (TPSA) is 72.5 Å². The minimum atomic E-state index is -0.486. The second-order valence-electron chi connectivity index (χ2n) is 4.37. The Kier molecular flexibility index (Phi) is 3.10. The van der Waals surface area contributed by atoms with Gasteiger partial charge in [0.15, 0.2) is 5.78 Å². The molecule has 0 spiro atoms. The van der Waals surface area contributed by atoms with Crippen LogP contribution in [-0.2, 0) is 9.59 Å². The van der Waals surface area contributed by atoms with E-state index in [-0.39, 0.29) is 17.3 Å². The number of hydrogen-bond acceptors (Lipinski definition) is 4. The number of carbonyl (C=O) groups is 2. The maximum Gasteiger partial charge on any atom is 0.201 e. The molecule has 1 aromatic carbocycles. The van der Waals surface area contributed by atoms with E-state index in [2.05, 4.69) is 4.99 Å². The molecule has 4 nitrogen and oxygen atoms in total. The van der Waals surface area contributed by atoms with Gasteiger partial charge in [-0.2, -0.15) is 0 Å². The Morgan fingerprint density at radius 2 is 1.78 bits per heavy atom. The summed E-state index contributed by atoms with van der Waals surface area (Å²) >= 11 is 0. The first-order valence-electron chi connectivity index (χ1n) is 5.70. The normalized spacial score (nSPS) is 22.2. The van der Waals surface area contributed by atoms with Gasteiger partial charge in [0.2, 0.25) is 5.78 Å². The first-order chi connectivity index (χ1) is 8.49. The second kappa shape index (κ2) is 4.56. The molecule has 1 unspecified atom stereocenters. The van der Waals surface area contributed by atoms with E-state index in [1.165, 1.54) is 6.08 Å². The van der Waals surface area contributed by atoms with Gasteiger partial charge in [0.1, 0.15) is 0 Å². The third-order valence-electron chi connectivity index (χ3n) is 2.93. The van der Waals surface area contributed by atoms with Crippen molar-refractivity contribution in [2.24, 2.45) is 10.9 Å². The van der Waals surface area contributed by atoms with Crippen molar-refractivity contribution < 1.29 is 9.59 Å². The van der Waals surface area contributed by atoms with Crippen molar-refractivity contribution in [2.75, 3.05) is 5.73 Å². The van der Waals surface area contributed by atoms with Crippen LogP contribution in [0.5, 0.6) is 0 Å². The Morgan fingerprint density at radius 1 is 1.17 bits per heavy atom. The predicted molar refractivity (Wildman–Crippen MR) is 70.9 cm³/mol. The Bertz CT molecular complexity index is 568. The number of aliphatic imine (C=N–C) groups is 1. The van der Waals surface area contributed by atoms with Crippen molar-refractivity contribution >= 4 is 28.7 Å². The molecule has 92 valence electrons. The molecule has 0 aromatic heterocycles. The zero-order valence-corrected chi connectivity index (χ0v) is 10.3. The molecule has 0 fully saturated rings. The molecular formula is C14H14N2O2. The van der Waals surface area contributed by atoms with Gasteiger partial charge in [-0.1, -0.05) is 0 Å². The summed E-state index contributed by atoms with van der Waals surface area (Å²) in [6.07, 6.45) is 1.35. The lowest BCUT2D eigenvalue weighted by Crippen LogP contribution is -2.32. The lowest BCUT2D eigenvalue weighted by Gasteiger charge is -2.17. The molecule has 1 atom stereocenters. The molecular weight excluding hydrogens is 228 g/mol. The third-order valence-corrected chi connectivity index (χ3v) is 2.93. The summed E-state index contributed by atoms with van der Waals surface area (Å²) in [5.74, 6) is -0.736. The van der Waals surface area contributed by atoms with Crippen LogP contribution in [0.1, 0.15) is 13.8 Å². The summed E-state index contributed by atoms with van der Waals surface area (Å²) in [5.41, 5.74) is 7.61. The van der Waals surface area contributed by atoms with Gasteiger partial charge in [-0.15, -0.1) is 0 Å². The summed E-state index contributed by atoms with van der Waals surface area (Å²) in [5, 5.41) is 0. The Morgan fingerprint density at radius 3 is 2.39 bits per heavy atom. The summed E-state index contributed by atoms with van der Waals surface area (Å²) < 4.78 is 0. The Hall–Kier alpha value is -2.23. The van der Waals surface area contributed by atoms with Crippen molar-refractivity contribution in [3.8, 4) is 0 Å². The van der Waals surface area contributed by atoms with Crippen molar-refractivity contribution in [2.45, 2.75) is 13.8 Å². The Balaban J connectivity index is 2.41. The summed E-state index contributed by atoms with van der Waals surface area (Å²) in [6.45, 7) is 3.35. The van der Waals surface area contributed by atoms with E-state index in [0.29, 0.717) is 16.9 Å².